The molecular formula is C13H16N4O5. The van der Waals surface area contributed by atoms with E-state index >= 15 is 0 Å². The van der Waals surface area contributed by atoms with Crippen molar-refractivity contribution in [2.24, 2.45) is 4.99 Å². The number of aliphatic hydroxyl groups excluding tert-OH is 1. The summed E-state index contributed by atoms with van der Waals surface area (Å²) < 4.78 is 4.99. The lowest BCUT2D eigenvalue weighted by atomic mass is 9.78. The lowest BCUT2D eigenvalue weighted by molar-refractivity contribution is -0.417. The summed E-state index contributed by atoms with van der Waals surface area (Å²) in [7, 11) is 1.31. The highest BCUT2D eigenvalue weighted by Gasteiger charge is 2.57. The number of nitrogens with zero attached hydrogens (tertiary/aromatic N) is 3. The number of allylic oxidation sites excluding steroid dienone is 2. The summed E-state index contributed by atoms with van der Waals surface area (Å²) in [4.78, 5) is 14.9. The summed E-state index contributed by atoms with van der Waals surface area (Å²) >= 11 is 0. The number of aliphatic hydroxyl groups is 1. The fourth-order valence-electron chi connectivity index (χ4n) is 3.21. The summed E-state index contributed by atoms with van der Waals surface area (Å²) in [5.74, 6) is -0.0904. The van der Waals surface area contributed by atoms with Crippen molar-refractivity contribution >= 4 is 5.90 Å². The number of hydrogen-bond acceptors (Lipinski definition) is 8. The van der Waals surface area contributed by atoms with Gasteiger partial charge in [-0.2, -0.15) is 5.06 Å². The van der Waals surface area contributed by atoms with Gasteiger partial charge >= 0.3 is 5.70 Å². The van der Waals surface area contributed by atoms with E-state index in [1.165, 1.54) is 13.2 Å². The van der Waals surface area contributed by atoms with Crippen LogP contribution in [-0.4, -0.2) is 57.7 Å². The molecule has 2 heterocycles. The first-order valence-electron chi connectivity index (χ1n) is 6.69. The first-order chi connectivity index (χ1) is 10.4. The fraction of sp³-hybridized carbons (Fsp3) is 0.462. The highest BCUT2D eigenvalue weighted by molar-refractivity contribution is 5.94. The van der Waals surface area contributed by atoms with E-state index in [2.05, 4.69) is 10.3 Å². The van der Waals surface area contributed by atoms with Crippen molar-refractivity contribution in [1.82, 2.24) is 10.4 Å². The molecule has 1 saturated heterocycles. The topological polar surface area (TPSA) is 120 Å². The second-order valence-corrected chi connectivity index (χ2v) is 5.36. The standard InChI is InChI=1S/C13H16N4O5/c1-7-3-4-9-13(11(7)16(19)10(6-18)15-13)5-8(17(20)21)12(14-9)22-2/h3-5,10-11,15,18-19H,6H2,1-2H3. The van der Waals surface area contributed by atoms with Gasteiger partial charge in [0.15, 0.2) is 0 Å². The summed E-state index contributed by atoms with van der Waals surface area (Å²) in [6.07, 6.45) is 4.15. The third-order valence-corrected chi connectivity index (χ3v) is 4.15. The van der Waals surface area contributed by atoms with Gasteiger partial charge in [-0.15, -0.1) is 0 Å². The largest absolute Gasteiger partial charge is 0.476 e. The van der Waals surface area contributed by atoms with Crippen LogP contribution in [0.5, 0.6) is 0 Å². The molecule has 0 saturated carbocycles. The summed E-state index contributed by atoms with van der Waals surface area (Å²) in [6, 6.07) is -0.596. The quantitative estimate of drug-likeness (QED) is 0.476. The Morgan fingerprint density at radius 2 is 2.32 bits per heavy atom. The number of nitro groups is 1. The molecule has 2 aliphatic heterocycles. The van der Waals surface area contributed by atoms with Crippen molar-refractivity contribution in [3.8, 4) is 0 Å². The maximum Gasteiger partial charge on any atom is 0.329 e. The fourth-order valence-corrected chi connectivity index (χ4v) is 3.21. The van der Waals surface area contributed by atoms with Gasteiger partial charge in [-0.05, 0) is 13.0 Å². The van der Waals surface area contributed by atoms with Crippen LogP contribution < -0.4 is 5.32 Å². The molecule has 3 rings (SSSR count). The minimum absolute atomic E-state index is 0.0904. The van der Waals surface area contributed by atoms with Crippen molar-refractivity contribution in [3.63, 3.8) is 0 Å². The normalized spacial score (nSPS) is 34.0. The molecule has 0 aromatic rings. The van der Waals surface area contributed by atoms with Crippen LogP contribution in [-0.2, 0) is 4.74 Å². The average Bonchev–Trinajstić information content (AvgIpc) is 2.79. The molecule has 1 aliphatic carbocycles. The average molecular weight is 308 g/mol. The lowest BCUT2D eigenvalue weighted by Crippen LogP contribution is -2.53. The zero-order valence-electron chi connectivity index (χ0n) is 12.1. The summed E-state index contributed by atoms with van der Waals surface area (Å²) in [6.45, 7) is 1.46. The number of ether oxygens (including phenoxy) is 1. The molecule has 9 nitrogen and oxygen atoms in total. The molecule has 0 radical (unpaired) electrons. The Hall–Kier alpha value is -2.07. The van der Waals surface area contributed by atoms with Crippen LogP contribution in [0.4, 0.5) is 0 Å². The van der Waals surface area contributed by atoms with Gasteiger partial charge in [-0.25, -0.2) is 4.99 Å². The van der Waals surface area contributed by atoms with E-state index in [0.29, 0.717) is 5.70 Å². The molecule has 0 bridgehead atoms. The summed E-state index contributed by atoms with van der Waals surface area (Å²) in [5, 5.41) is 35.0. The molecule has 3 aliphatic rings. The first-order valence-corrected chi connectivity index (χ1v) is 6.69. The van der Waals surface area contributed by atoms with E-state index < -0.39 is 22.7 Å². The predicted octanol–water partition coefficient (Wildman–Crippen LogP) is -0.230. The lowest BCUT2D eigenvalue weighted by Gasteiger charge is -2.37. The van der Waals surface area contributed by atoms with Crippen molar-refractivity contribution in [1.29, 1.82) is 0 Å². The molecule has 0 aromatic heterocycles. The SMILES string of the molecule is COC1=NC2=CC=C(C)C3N(O)C(CO)NC23C=C1[N+](=O)[O-]. The van der Waals surface area contributed by atoms with Crippen LogP contribution >= 0.6 is 0 Å². The number of methoxy groups -OCH3 is 1. The molecule has 1 spiro atoms. The molecule has 3 N–H and O–H groups in total. The second kappa shape index (κ2) is 4.99. The van der Waals surface area contributed by atoms with Crippen LogP contribution in [0.2, 0.25) is 0 Å². The Kier molecular flexibility index (Phi) is 3.37. The third kappa shape index (κ3) is 1.83. The molecule has 9 heteroatoms. The van der Waals surface area contributed by atoms with E-state index in [9.17, 15) is 20.4 Å². The Morgan fingerprint density at radius 1 is 1.59 bits per heavy atom. The van der Waals surface area contributed by atoms with Crippen LogP contribution in [0.1, 0.15) is 6.92 Å². The Labute approximate surface area is 126 Å². The molecule has 118 valence electrons. The number of aliphatic imine (C=N–C) groups is 1. The van der Waals surface area contributed by atoms with E-state index in [1.807, 2.05) is 0 Å². The van der Waals surface area contributed by atoms with Crippen molar-refractivity contribution in [2.75, 3.05) is 13.7 Å². The third-order valence-electron chi connectivity index (χ3n) is 4.15. The smallest absolute Gasteiger partial charge is 0.329 e. The van der Waals surface area contributed by atoms with E-state index in [0.717, 1.165) is 10.6 Å². The number of hydrogen-bond donors (Lipinski definition) is 3. The molecule has 0 aromatic carbocycles. The highest BCUT2D eigenvalue weighted by atomic mass is 16.6. The molecule has 1 fully saturated rings. The van der Waals surface area contributed by atoms with Crippen molar-refractivity contribution < 1.29 is 20.0 Å². The minimum Gasteiger partial charge on any atom is -0.476 e. The van der Waals surface area contributed by atoms with Gasteiger partial charge < -0.3 is 15.1 Å². The molecule has 3 unspecified atom stereocenters. The van der Waals surface area contributed by atoms with Crippen LogP contribution in [0.3, 0.4) is 0 Å². The van der Waals surface area contributed by atoms with Gasteiger partial charge in [-0.1, -0.05) is 11.6 Å². The van der Waals surface area contributed by atoms with Gasteiger partial charge in [0.1, 0.15) is 11.7 Å². The van der Waals surface area contributed by atoms with E-state index in [1.54, 1.807) is 19.1 Å². The minimum atomic E-state index is -1.08. The van der Waals surface area contributed by atoms with Crippen LogP contribution in [0.15, 0.2) is 40.2 Å². The highest BCUT2D eigenvalue weighted by Crippen LogP contribution is 2.43. The zero-order chi connectivity index (χ0) is 16.1. The number of nitrogens with one attached hydrogen (secondary N) is 1. The number of dihydropyridines is 1. The van der Waals surface area contributed by atoms with E-state index in [-0.39, 0.29) is 18.2 Å². The van der Waals surface area contributed by atoms with Gasteiger partial charge in [0, 0.05) is 6.08 Å². The van der Waals surface area contributed by atoms with Crippen molar-refractivity contribution in [3.05, 3.63) is 45.3 Å². The second-order valence-electron chi connectivity index (χ2n) is 5.36. The molecular weight excluding hydrogens is 292 g/mol. The van der Waals surface area contributed by atoms with Crippen LogP contribution in [0, 0.1) is 10.1 Å². The maximum atomic E-state index is 11.3. The maximum absolute atomic E-state index is 11.3. The monoisotopic (exact) mass is 308 g/mol. The van der Waals surface area contributed by atoms with Crippen LogP contribution in [0.25, 0.3) is 0 Å². The van der Waals surface area contributed by atoms with Gasteiger partial charge in [0.05, 0.1) is 30.4 Å². The van der Waals surface area contributed by atoms with Crippen molar-refractivity contribution in [2.45, 2.75) is 24.7 Å². The molecule has 22 heavy (non-hydrogen) atoms. The number of hydroxylamine groups is 2. The van der Waals surface area contributed by atoms with E-state index in [4.69, 9.17) is 4.74 Å². The van der Waals surface area contributed by atoms with Gasteiger partial charge in [-0.3, -0.25) is 15.4 Å². The van der Waals surface area contributed by atoms with Gasteiger partial charge in [0.25, 0.3) is 5.90 Å². The Bertz CT molecular complexity index is 653. The van der Waals surface area contributed by atoms with Gasteiger partial charge in [0.2, 0.25) is 0 Å². The zero-order valence-corrected chi connectivity index (χ0v) is 12.1. The molecule has 0 amide bonds. The summed E-state index contributed by atoms with van der Waals surface area (Å²) in [5.41, 5.74) is -0.0742. The predicted molar refractivity (Wildman–Crippen MR) is 75.5 cm³/mol. The Balaban J connectivity index is 2.19. The first kappa shape index (κ1) is 14.9. The Morgan fingerprint density at radius 3 is 2.91 bits per heavy atom. The number of rotatable bonds is 2. The molecule has 3 atom stereocenters.